The molecule has 1 saturated heterocycles. The highest BCUT2D eigenvalue weighted by Crippen LogP contribution is 2.30. The van der Waals surface area contributed by atoms with Gasteiger partial charge in [-0.15, -0.1) is 0 Å². The fraction of sp³-hybridized carbons (Fsp3) is 0.667. The molecule has 1 aliphatic heterocycles. The SMILES string of the molecule is CCC(N)Cc1ccc(Br)cc1N1CCCC(CC)CC1. The van der Waals surface area contributed by atoms with E-state index in [4.69, 9.17) is 5.73 Å². The van der Waals surface area contributed by atoms with Crippen LogP contribution >= 0.6 is 15.9 Å². The molecule has 2 unspecified atom stereocenters. The van der Waals surface area contributed by atoms with Crippen LogP contribution in [0.4, 0.5) is 5.69 Å². The van der Waals surface area contributed by atoms with Crippen molar-refractivity contribution in [3.05, 3.63) is 28.2 Å². The van der Waals surface area contributed by atoms with Crippen molar-refractivity contribution < 1.29 is 0 Å². The monoisotopic (exact) mass is 352 g/mol. The second-order valence-electron chi connectivity index (χ2n) is 6.34. The first-order chi connectivity index (χ1) is 10.1. The lowest BCUT2D eigenvalue weighted by Gasteiger charge is -2.27. The van der Waals surface area contributed by atoms with Gasteiger partial charge in [0, 0.05) is 29.3 Å². The van der Waals surface area contributed by atoms with Gasteiger partial charge in [-0.3, -0.25) is 0 Å². The van der Waals surface area contributed by atoms with Crippen LogP contribution in [0, 0.1) is 5.92 Å². The molecule has 2 N–H and O–H groups in total. The summed E-state index contributed by atoms with van der Waals surface area (Å²) in [6.45, 7) is 6.86. The van der Waals surface area contributed by atoms with Gasteiger partial charge in [-0.2, -0.15) is 0 Å². The minimum atomic E-state index is 0.264. The maximum Gasteiger partial charge on any atom is 0.0410 e. The Bertz CT molecular complexity index is 447. The van der Waals surface area contributed by atoms with E-state index in [2.05, 4.69) is 52.9 Å². The Hall–Kier alpha value is -0.540. The summed E-state index contributed by atoms with van der Waals surface area (Å²) >= 11 is 3.63. The van der Waals surface area contributed by atoms with E-state index < -0.39 is 0 Å². The van der Waals surface area contributed by atoms with E-state index >= 15 is 0 Å². The molecule has 0 spiro atoms. The molecule has 1 fully saturated rings. The molecule has 0 radical (unpaired) electrons. The molecule has 2 nitrogen and oxygen atoms in total. The topological polar surface area (TPSA) is 29.3 Å². The number of rotatable bonds is 5. The predicted octanol–water partition coefficient (Wildman–Crippen LogP) is 4.75. The molecule has 2 atom stereocenters. The van der Waals surface area contributed by atoms with Crippen molar-refractivity contribution in [3.63, 3.8) is 0 Å². The van der Waals surface area contributed by atoms with Crippen LogP contribution in [0.1, 0.15) is 51.5 Å². The molecule has 0 aliphatic carbocycles. The molecule has 118 valence electrons. The first-order valence-electron chi connectivity index (χ1n) is 8.43. The maximum absolute atomic E-state index is 6.19. The molecule has 0 saturated carbocycles. The number of halogens is 1. The number of hydrogen-bond acceptors (Lipinski definition) is 2. The van der Waals surface area contributed by atoms with Gasteiger partial charge in [0.1, 0.15) is 0 Å². The van der Waals surface area contributed by atoms with Crippen molar-refractivity contribution >= 4 is 21.6 Å². The van der Waals surface area contributed by atoms with Crippen LogP contribution in [0.15, 0.2) is 22.7 Å². The Morgan fingerprint density at radius 3 is 2.81 bits per heavy atom. The van der Waals surface area contributed by atoms with Gasteiger partial charge in [-0.05, 0) is 55.7 Å². The van der Waals surface area contributed by atoms with Crippen LogP contribution in [0.3, 0.4) is 0 Å². The van der Waals surface area contributed by atoms with Gasteiger partial charge in [0.2, 0.25) is 0 Å². The van der Waals surface area contributed by atoms with E-state index in [9.17, 15) is 0 Å². The summed E-state index contributed by atoms with van der Waals surface area (Å²) in [4.78, 5) is 2.58. The first kappa shape index (κ1) is 16.8. The highest BCUT2D eigenvalue weighted by atomic mass is 79.9. The van der Waals surface area contributed by atoms with Crippen molar-refractivity contribution in [2.24, 2.45) is 11.7 Å². The summed E-state index contributed by atoms with van der Waals surface area (Å²) < 4.78 is 1.17. The maximum atomic E-state index is 6.19. The Balaban J connectivity index is 2.18. The average molecular weight is 353 g/mol. The van der Waals surface area contributed by atoms with Gasteiger partial charge in [0.05, 0.1) is 0 Å². The minimum Gasteiger partial charge on any atom is -0.371 e. The van der Waals surface area contributed by atoms with Crippen LogP contribution in [0.2, 0.25) is 0 Å². The van der Waals surface area contributed by atoms with E-state index in [-0.39, 0.29) is 6.04 Å². The Kier molecular flexibility index (Phi) is 6.56. The van der Waals surface area contributed by atoms with Crippen molar-refractivity contribution in [2.45, 2.75) is 58.4 Å². The number of hydrogen-bond donors (Lipinski definition) is 1. The average Bonchev–Trinajstić information content (AvgIpc) is 2.74. The van der Waals surface area contributed by atoms with Gasteiger partial charge >= 0.3 is 0 Å². The lowest BCUT2D eigenvalue weighted by Crippen LogP contribution is -2.28. The summed E-state index contributed by atoms with van der Waals surface area (Å²) in [6.07, 6.45) is 7.34. The molecule has 3 heteroatoms. The van der Waals surface area contributed by atoms with E-state index in [1.807, 2.05) is 0 Å². The number of benzene rings is 1. The molecule has 1 aliphatic rings. The van der Waals surface area contributed by atoms with Gasteiger partial charge in [0.25, 0.3) is 0 Å². The summed E-state index contributed by atoms with van der Waals surface area (Å²) in [6, 6.07) is 6.94. The van der Waals surface area contributed by atoms with Crippen molar-refractivity contribution in [1.82, 2.24) is 0 Å². The summed E-state index contributed by atoms with van der Waals surface area (Å²) in [7, 11) is 0. The van der Waals surface area contributed by atoms with Crippen molar-refractivity contribution in [1.29, 1.82) is 0 Å². The predicted molar refractivity (Wildman–Crippen MR) is 96.0 cm³/mol. The number of anilines is 1. The molecule has 21 heavy (non-hydrogen) atoms. The third-order valence-corrected chi connectivity index (χ3v) is 5.31. The van der Waals surface area contributed by atoms with Crippen LogP contribution in [0.25, 0.3) is 0 Å². The smallest absolute Gasteiger partial charge is 0.0410 e. The second kappa shape index (κ2) is 8.19. The van der Waals surface area contributed by atoms with Crippen LogP contribution in [-0.2, 0) is 6.42 Å². The van der Waals surface area contributed by atoms with Gasteiger partial charge in [-0.25, -0.2) is 0 Å². The fourth-order valence-electron chi connectivity index (χ4n) is 3.25. The molecule has 2 rings (SSSR count). The largest absolute Gasteiger partial charge is 0.371 e. The Morgan fingerprint density at radius 1 is 1.29 bits per heavy atom. The van der Waals surface area contributed by atoms with Crippen LogP contribution in [0.5, 0.6) is 0 Å². The van der Waals surface area contributed by atoms with E-state index in [0.29, 0.717) is 0 Å². The minimum absolute atomic E-state index is 0.264. The molecule has 0 aromatic heterocycles. The van der Waals surface area contributed by atoms with Gasteiger partial charge < -0.3 is 10.6 Å². The highest BCUT2D eigenvalue weighted by molar-refractivity contribution is 9.10. The first-order valence-corrected chi connectivity index (χ1v) is 9.22. The van der Waals surface area contributed by atoms with Gasteiger partial charge in [0.15, 0.2) is 0 Å². The molecular weight excluding hydrogens is 324 g/mol. The highest BCUT2D eigenvalue weighted by Gasteiger charge is 2.19. The summed E-state index contributed by atoms with van der Waals surface area (Å²) in [5.41, 5.74) is 8.98. The summed E-state index contributed by atoms with van der Waals surface area (Å²) in [5, 5.41) is 0. The molecule has 1 heterocycles. The molecule has 1 aromatic rings. The van der Waals surface area contributed by atoms with Crippen LogP contribution < -0.4 is 10.6 Å². The van der Waals surface area contributed by atoms with E-state index in [1.165, 1.54) is 54.5 Å². The third kappa shape index (κ3) is 4.72. The van der Waals surface area contributed by atoms with E-state index in [1.54, 1.807) is 0 Å². The lowest BCUT2D eigenvalue weighted by molar-refractivity contribution is 0.459. The van der Waals surface area contributed by atoms with Crippen molar-refractivity contribution in [2.75, 3.05) is 18.0 Å². The number of nitrogens with zero attached hydrogens (tertiary/aromatic N) is 1. The summed E-state index contributed by atoms with van der Waals surface area (Å²) in [5.74, 6) is 0.906. The van der Waals surface area contributed by atoms with Crippen molar-refractivity contribution in [3.8, 4) is 0 Å². The number of nitrogens with two attached hydrogens (primary N) is 1. The Morgan fingerprint density at radius 2 is 2.10 bits per heavy atom. The second-order valence-corrected chi connectivity index (χ2v) is 7.25. The van der Waals surface area contributed by atoms with Crippen LogP contribution in [-0.4, -0.2) is 19.1 Å². The molecule has 0 bridgehead atoms. The molecule has 1 aromatic carbocycles. The third-order valence-electron chi connectivity index (χ3n) is 4.82. The van der Waals surface area contributed by atoms with E-state index in [0.717, 1.165) is 18.8 Å². The van der Waals surface area contributed by atoms with Gasteiger partial charge in [-0.1, -0.05) is 42.3 Å². The zero-order valence-electron chi connectivity index (χ0n) is 13.4. The zero-order valence-corrected chi connectivity index (χ0v) is 15.0. The Labute approximate surface area is 138 Å². The molecular formula is C18H29BrN2. The lowest BCUT2D eigenvalue weighted by atomic mass is 9.98. The standard InChI is InChI=1S/C18H29BrN2/c1-3-14-6-5-10-21(11-9-14)18-13-16(19)8-7-15(18)12-17(20)4-2/h7-8,13-14,17H,3-6,9-12,20H2,1-2H3. The normalized spacial score (nSPS) is 21.1. The zero-order chi connectivity index (χ0) is 15.2. The quantitative estimate of drug-likeness (QED) is 0.828. The fourth-order valence-corrected chi connectivity index (χ4v) is 3.59. The molecule has 0 amide bonds.